The first-order chi connectivity index (χ1) is 12.3. The van der Waals surface area contributed by atoms with Crippen LogP contribution in [-0.4, -0.2) is 52.4 Å². The van der Waals surface area contributed by atoms with Gasteiger partial charge >= 0.3 is 0 Å². The maximum atomic E-state index is 9.84. The molecule has 25 heavy (non-hydrogen) atoms. The Labute approximate surface area is 147 Å². The molecule has 4 rings (SSSR count). The molecule has 0 spiro atoms. The Bertz CT molecular complexity index is 691. The third kappa shape index (κ3) is 3.20. The highest BCUT2D eigenvalue weighted by Crippen LogP contribution is 2.38. The summed E-state index contributed by atoms with van der Waals surface area (Å²) < 4.78 is 4.10. The second kappa shape index (κ2) is 7.21. The van der Waals surface area contributed by atoms with Gasteiger partial charge in [-0.3, -0.25) is 4.90 Å². The Morgan fingerprint density at radius 1 is 1.16 bits per heavy atom. The highest BCUT2D eigenvalue weighted by atomic mass is 16.3. The monoisotopic (exact) mass is 345 g/mol. The fourth-order valence-electron chi connectivity index (χ4n) is 4.37. The molecule has 3 heterocycles. The van der Waals surface area contributed by atoms with Gasteiger partial charge in [-0.25, -0.2) is 9.67 Å². The first-order valence-corrected chi connectivity index (χ1v) is 9.38. The molecule has 0 bridgehead atoms. The van der Waals surface area contributed by atoms with Crippen LogP contribution in [0.5, 0.6) is 0 Å². The van der Waals surface area contributed by atoms with Crippen LogP contribution in [0, 0.1) is 0 Å². The van der Waals surface area contributed by atoms with E-state index in [9.17, 15) is 5.11 Å². The minimum absolute atomic E-state index is 0.137. The van der Waals surface area contributed by atoms with Crippen molar-refractivity contribution in [1.29, 1.82) is 0 Å². The van der Waals surface area contributed by atoms with E-state index in [1.54, 1.807) is 0 Å². The normalized spacial score (nSPS) is 25.7. The number of nitrogens with zero attached hydrogens (tertiary/aromatic N) is 7. The summed E-state index contributed by atoms with van der Waals surface area (Å²) in [6.07, 6.45) is 11.9. The van der Waals surface area contributed by atoms with Crippen molar-refractivity contribution in [2.75, 3.05) is 6.61 Å². The second-order valence-corrected chi connectivity index (χ2v) is 7.33. The molecule has 2 aromatic rings. The Morgan fingerprint density at radius 2 is 2.00 bits per heavy atom. The summed E-state index contributed by atoms with van der Waals surface area (Å²) in [5.74, 6) is 1.96. The summed E-state index contributed by atoms with van der Waals surface area (Å²) in [4.78, 5) is 6.78. The summed E-state index contributed by atoms with van der Waals surface area (Å²) in [6.45, 7) is 0.864. The number of imidazole rings is 1. The average Bonchev–Trinajstić information content (AvgIpc) is 3.36. The molecule has 2 atom stereocenters. The van der Waals surface area contributed by atoms with E-state index >= 15 is 0 Å². The number of likely N-dealkylation sites (tertiary alicyclic amines) is 1. The number of aromatic nitrogens is 6. The van der Waals surface area contributed by atoms with Crippen molar-refractivity contribution in [2.45, 2.75) is 69.6 Å². The number of hydrogen-bond acceptors (Lipinski definition) is 6. The zero-order valence-corrected chi connectivity index (χ0v) is 14.8. The molecule has 2 fully saturated rings. The van der Waals surface area contributed by atoms with Crippen molar-refractivity contribution < 1.29 is 5.11 Å². The van der Waals surface area contributed by atoms with Crippen LogP contribution in [0.4, 0.5) is 0 Å². The molecule has 0 aromatic carbocycles. The molecule has 1 saturated heterocycles. The van der Waals surface area contributed by atoms with Gasteiger partial charge in [0.15, 0.2) is 5.82 Å². The van der Waals surface area contributed by atoms with Crippen molar-refractivity contribution in [2.24, 2.45) is 7.05 Å². The van der Waals surface area contributed by atoms with E-state index in [0.29, 0.717) is 12.6 Å². The first-order valence-electron chi connectivity index (χ1n) is 9.38. The van der Waals surface area contributed by atoms with Crippen molar-refractivity contribution >= 4 is 0 Å². The van der Waals surface area contributed by atoms with Crippen LogP contribution >= 0.6 is 0 Å². The molecule has 2 aliphatic rings. The van der Waals surface area contributed by atoms with Gasteiger partial charge in [0.2, 0.25) is 0 Å². The number of aryl methyl sites for hydroxylation is 1. The smallest absolute Gasteiger partial charge is 0.168 e. The minimum Gasteiger partial charge on any atom is -0.395 e. The van der Waals surface area contributed by atoms with Crippen molar-refractivity contribution in [3.63, 3.8) is 0 Å². The molecular weight excluding hydrogens is 318 g/mol. The van der Waals surface area contributed by atoms with Crippen LogP contribution in [0.15, 0.2) is 12.4 Å². The van der Waals surface area contributed by atoms with Crippen LogP contribution in [0.2, 0.25) is 0 Å². The zero-order chi connectivity index (χ0) is 17.2. The topological polar surface area (TPSA) is 84.9 Å². The van der Waals surface area contributed by atoms with Crippen LogP contribution in [-0.2, 0) is 13.6 Å². The molecule has 1 aliphatic heterocycles. The van der Waals surface area contributed by atoms with Crippen molar-refractivity contribution in [3.8, 4) is 0 Å². The number of aliphatic hydroxyl groups is 1. The lowest BCUT2D eigenvalue weighted by Crippen LogP contribution is -2.36. The van der Waals surface area contributed by atoms with Gasteiger partial charge in [-0.2, -0.15) is 0 Å². The van der Waals surface area contributed by atoms with Gasteiger partial charge in [0.1, 0.15) is 5.82 Å². The van der Waals surface area contributed by atoms with Crippen LogP contribution < -0.4 is 0 Å². The number of hydrogen-bond donors (Lipinski definition) is 1. The summed E-state index contributed by atoms with van der Waals surface area (Å²) in [7, 11) is 2.01. The molecule has 8 heteroatoms. The number of rotatable bonds is 5. The van der Waals surface area contributed by atoms with Gasteiger partial charge in [-0.1, -0.05) is 19.3 Å². The van der Waals surface area contributed by atoms with Gasteiger partial charge in [-0.15, -0.1) is 5.10 Å². The van der Waals surface area contributed by atoms with E-state index in [2.05, 4.69) is 30.1 Å². The summed E-state index contributed by atoms with van der Waals surface area (Å²) in [6, 6.07) is 0.700. The molecule has 0 unspecified atom stereocenters. The van der Waals surface area contributed by atoms with Crippen LogP contribution in [0.3, 0.4) is 0 Å². The quantitative estimate of drug-likeness (QED) is 0.886. The maximum Gasteiger partial charge on any atom is 0.168 e. The molecular formula is C17H27N7O. The summed E-state index contributed by atoms with van der Waals surface area (Å²) >= 11 is 0. The highest BCUT2D eigenvalue weighted by molar-refractivity contribution is 5.04. The molecule has 8 nitrogen and oxygen atoms in total. The fraction of sp³-hybridized carbons (Fsp3) is 0.765. The highest BCUT2D eigenvalue weighted by Gasteiger charge is 2.38. The number of aliphatic hydroxyl groups excluding tert-OH is 1. The lowest BCUT2D eigenvalue weighted by molar-refractivity contribution is 0.111. The van der Waals surface area contributed by atoms with E-state index in [0.717, 1.165) is 37.3 Å². The summed E-state index contributed by atoms with van der Waals surface area (Å²) in [5.41, 5.74) is 0. The Kier molecular flexibility index (Phi) is 4.80. The predicted molar refractivity (Wildman–Crippen MR) is 91.5 cm³/mol. The second-order valence-electron chi connectivity index (χ2n) is 7.33. The van der Waals surface area contributed by atoms with Crippen molar-refractivity contribution in [3.05, 3.63) is 24.0 Å². The first kappa shape index (κ1) is 16.7. The van der Waals surface area contributed by atoms with Gasteiger partial charge in [0.05, 0.1) is 25.2 Å². The SMILES string of the molecule is Cn1ccnc1CN1[C@H](CO)CC[C@H]1c1nnnn1C1CCCCC1. The molecule has 0 amide bonds. The van der Waals surface area contributed by atoms with Gasteiger partial charge < -0.3 is 9.67 Å². The predicted octanol–water partition coefficient (Wildman–Crippen LogP) is 1.61. The number of tetrazole rings is 1. The third-order valence-corrected chi connectivity index (χ3v) is 5.84. The van der Waals surface area contributed by atoms with Crippen LogP contribution in [0.1, 0.15) is 68.7 Å². The van der Waals surface area contributed by atoms with E-state index in [1.165, 1.54) is 19.3 Å². The van der Waals surface area contributed by atoms with E-state index in [1.807, 2.05) is 24.0 Å². The molecule has 0 radical (unpaired) electrons. The van der Waals surface area contributed by atoms with E-state index in [4.69, 9.17) is 0 Å². The van der Waals surface area contributed by atoms with Gasteiger partial charge in [0.25, 0.3) is 0 Å². The Hall–Kier alpha value is -1.80. The zero-order valence-electron chi connectivity index (χ0n) is 14.8. The standard InChI is InChI=1S/C17H27N7O/c1-22-10-9-18-16(22)11-23-14(12-25)7-8-15(23)17-19-20-21-24(17)13-5-3-2-4-6-13/h9-10,13-15,25H,2-8,11-12H2,1H3/t14-,15-/m0/s1. The molecule has 136 valence electrons. The Morgan fingerprint density at radius 3 is 2.72 bits per heavy atom. The molecule has 1 N–H and O–H groups in total. The Balaban J connectivity index is 1.60. The van der Waals surface area contributed by atoms with Gasteiger partial charge in [-0.05, 0) is 36.1 Å². The minimum atomic E-state index is 0.137. The third-order valence-electron chi connectivity index (χ3n) is 5.84. The van der Waals surface area contributed by atoms with Gasteiger partial charge in [0, 0.05) is 25.5 Å². The lowest BCUT2D eigenvalue weighted by Gasteiger charge is -2.30. The summed E-state index contributed by atoms with van der Waals surface area (Å²) in [5, 5.41) is 22.6. The fourth-order valence-corrected chi connectivity index (χ4v) is 4.37. The molecule has 2 aromatic heterocycles. The van der Waals surface area contributed by atoms with Crippen molar-refractivity contribution in [1.82, 2.24) is 34.7 Å². The average molecular weight is 345 g/mol. The largest absolute Gasteiger partial charge is 0.395 e. The lowest BCUT2D eigenvalue weighted by atomic mass is 9.95. The van der Waals surface area contributed by atoms with Crippen LogP contribution in [0.25, 0.3) is 0 Å². The van der Waals surface area contributed by atoms with E-state index < -0.39 is 0 Å². The molecule has 1 saturated carbocycles. The molecule has 1 aliphatic carbocycles. The van der Waals surface area contributed by atoms with E-state index in [-0.39, 0.29) is 18.7 Å². The maximum absolute atomic E-state index is 9.84.